The van der Waals surface area contributed by atoms with Crippen LogP contribution in [0.1, 0.15) is 32.8 Å². The van der Waals surface area contributed by atoms with Crippen molar-refractivity contribution in [3.8, 4) is 0 Å². The van der Waals surface area contributed by atoms with Gasteiger partial charge in [-0.25, -0.2) is 8.78 Å². The molecule has 0 saturated heterocycles. The molecular weight excluding hydrogens is 248 g/mol. The first-order valence-corrected chi connectivity index (χ1v) is 6.61. The third-order valence-electron chi connectivity index (χ3n) is 3.30. The second-order valence-electron chi connectivity index (χ2n) is 5.33. The SMILES string of the molecule is CCNC(Cc1c(F)cccc1F)CC(C)(C)OC. The molecule has 1 aromatic rings. The molecule has 0 aliphatic carbocycles. The first kappa shape index (κ1) is 16.1. The van der Waals surface area contributed by atoms with Gasteiger partial charge in [0, 0.05) is 18.7 Å². The average Bonchev–Trinajstić information content (AvgIpc) is 2.34. The van der Waals surface area contributed by atoms with Crippen LogP contribution in [0.5, 0.6) is 0 Å². The molecule has 1 N–H and O–H groups in total. The van der Waals surface area contributed by atoms with Crippen LogP contribution in [0.25, 0.3) is 0 Å². The molecule has 0 saturated carbocycles. The highest BCUT2D eigenvalue weighted by atomic mass is 19.1. The van der Waals surface area contributed by atoms with E-state index in [2.05, 4.69) is 5.32 Å². The Labute approximate surface area is 114 Å². The lowest BCUT2D eigenvalue weighted by molar-refractivity contribution is 0.00713. The van der Waals surface area contributed by atoms with Gasteiger partial charge in [-0.2, -0.15) is 0 Å². The summed E-state index contributed by atoms with van der Waals surface area (Å²) < 4.78 is 32.7. The highest BCUT2D eigenvalue weighted by Crippen LogP contribution is 2.21. The number of rotatable bonds is 7. The standard InChI is InChI=1S/C15H23F2NO/c1-5-18-11(10-15(2,3)19-4)9-12-13(16)7-6-8-14(12)17/h6-8,11,18H,5,9-10H2,1-4H3. The quantitative estimate of drug-likeness (QED) is 0.821. The lowest BCUT2D eigenvalue weighted by atomic mass is 9.93. The van der Waals surface area contributed by atoms with Gasteiger partial charge >= 0.3 is 0 Å². The van der Waals surface area contributed by atoms with Crippen molar-refractivity contribution >= 4 is 0 Å². The molecule has 0 bridgehead atoms. The number of likely N-dealkylation sites (N-methyl/N-ethyl adjacent to an activating group) is 1. The van der Waals surface area contributed by atoms with Crippen molar-refractivity contribution in [1.82, 2.24) is 5.32 Å². The van der Waals surface area contributed by atoms with Crippen molar-refractivity contribution in [3.63, 3.8) is 0 Å². The Morgan fingerprint density at radius 3 is 2.32 bits per heavy atom. The number of methoxy groups -OCH3 is 1. The van der Waals surface area contributed by atoms with Crippen molar-refractivity contribution < 1.29 is 13.5 Å². The van der Waals surface area contributed by atoms with Gasteiger partial charge in [0.2, 0.25) is 0 Å². The van der Waals surface area contributed by atoms with Crippen molar-refractivity contribution in [2.24, 2.45) is 0 Å². The van der Waals surface area contributed by atoms with Gasteiger partial charge in [-0.1, -0.05) is 13.0 Å². The number of halogens is 2. The third-order valence-corrected chi connectivity index (χ3v) is 3.30. The Hall–Kier alpha value is -1.00. The summed E-state index contributed by atoms with van der Waals surface area (Å²) in [6.07, 6.45) is 1.00. The molecule has 0 radical (unpaired) electrons. The van der Waals surface area contributed by atoms with Gasteiger partial charge in [0.25, 0.3) is 0 Å². The maximum absolute atomic E-state index is 13.7. The summed E-state index contributed by atoms with van der Waals surface area (Å²) >= 11 is 0. The zero-order valence-corrected chi connectivity index (χ0v) is 12.1. The number of hydrogen-bond acceptors (Lipinski definition) is 2. The second kappa shape index (κ2) is 6.96. The fourth-order valence-corrected chi connectivity index (χ4v) is 2.16. The highest BCUT2D eigenvalue weighted by Gasteiger charge is 2.24. The minimum Gasteiger partial charge on any atom is -0.379 e. The normalized spacial score (nSPS) is 13.6. The van der Waals surface area contributed by atoms with E-state index in [0.717, 1.165) is 6.54 Å². The van der Waals surface area contributed by atoms with Gasteiger partial charge in [0.15, 0.2) is 0 Å². The van der Waals surface area contributed by atoms with Gasteiger partial charge in [0.05, 0.1) is 5.60 Å². The van der Waals surface area contributed by atoms with E-state index >= 15 is 0 Å². The van der Waals surface area contributed by atoms with Gasteiger partial charge in [-0.3, -0.25) is 0 Å². The molecule has 4 heteroatoms. The molecule has 0 heterocycles. The lowest BCUT2D eigenvalue weighted by Gasteiger charge is -2.29. The summed E-state index contributed by atoms with van der Waals surface area (Å²) in [5.41, 5.74) is -0.186. The van der Waals surface area contributed by atoms with Gasteiger partial charge in [0.1, 0.15) is 11.6 Å². The summed E-state index contributed by atoms with van der Waals surface area (Å²) in [5.74, 6) is -0.976. The Bertz CT molecular complexity index is 387. The Morgan fingerprint density at radius 1 is 1.26 bits per heavy atom. The molecule has 1 aromatic carbocycles. The monoisotopic (exact) mass is 271 g/mol. The topological polar surface area (TPSA) is 21.3 Å². The van der Waals surface area contributed by atoms with Gasteiger partial charge < -0.3 is 10.1 Å². The van der Waals surface area contributed by atoms with E-state index in [0.29, 0.717) is 12.8 Å². The zero-order valence-electron chi connectivity index (χ0n) is 12.1. The van der Waals surface area contributed by atoms with Gasteiger partial charge in [-0.15, -0.1) is 0 Å². The predicted molar refractivity (Wildman–Crippen MR) is 73.2 cm³/mol. The van der Waals surface area contributed by atoms with E-state index in [1.807, 2.05) is 20.8 Å². The molecule has 0 aromatic heterocycles. The third kappa shape index (κ3) is 4.88. The maximum Gasteiger partial charge on any atom is 0.129 e. The smallest absolute Gasteiger partial charge is 0.129 e. The molecule has 0 fully saturated rings. The molecule has 108 valence electrons. The molecule has 0 amide bonds. The lowest BCUT2D eigenvalue weighted by Crippen LogP contribution is -2.39. The van der Waals surface area contributed by atoms with E-state index < -0.39 is 11.6 Å². The van der Waals surface area contributed by atoms with Crippen LogP contribution >= 0.6 is 0 Å². The van der Waals surface area contributed by atoms with Crippen molar-refractivity contribution in [2.75, 3.05) is 13.7 Å². The molecule has 1 unspecified atom stereocenters. The number of ether oxygens (including phenoxy) is 1. The minimum atomic E-state index is -0.488. The summed E-state index contributed by atoms with van der Waals surface area (Å²) in [6, 6.07) is 3.95. The van der Waals surface area contributed by atoms with Crippen LogP contribution in [0.4, 0.5) is 8.78 Å². The first-order valence-electron chi connectivity index (χ1n) is 6.61. The van der Waals surface area contributed by atoms with Crippen LogP contribution in [0, 0.1) is 11.6 Å². The van der Waals surface area contributed by atoms with Crippen molar-refractivity contribution in [1.29, 1.82) is 0 Å². The van der Waals surface area contributed by atoms with Crippen molar-refractivity contribution in [3.05, 3.63) is 35.4 Å². The van der Waals surface area contributed by atoms with E-state index in [-0.39, 0.29) is 17.2 Å². The molecule has 0 aliphatic heterocycles. The highest BCUT2D eigenvalue weighted by molar-refractivity contribution is 5.20. The summed E-state index contributed by atoms with van der Waals surface area (Å²) in [5, 5.41) is 3.26. The summed E-state index contributed by atoms with van der Waals surface area (Å²) in [6.45, 7) is 6.66. The Morgan fingerprint density at radius 2 is 1.84 bits per heavy atom. The number of hydrogen-bond donors (Lipinski definition) is 1. The second-order valence-corrected chi connectivity index (χ2v) is 5.33. The van der Waals surface area contributed by atoms with Crippen LogP contribution in [0.15, 0.2) is 18.2 Å². The molecular formula is C15H23F2NO. The molecule has 0 spiro atoms. The number of benzene rings is 1. The largest absolute Gasteiger partial charge is 0.379 e. The van der Waals surface area contributed by atoms with Crippen LogP contribution in [0.3, 0.4) is 0 Å². The fourth-order valence-electron chi connectivity index (χ4n) is 2.16. The number of nitrogens with one attached hydrogen (secondary N) is 1. The predicted octanol–water partition coefficient (Wildman–Crippen LogP) is 3.30. The Balaban J connectivity index is 2.84. The van der Waals surface area contributed by atoms with E-state index in [1.54, 1.807) is 7.11 Å². The molecule has 1 atom stereocenters. The molecule has 0 aliphatic rings. The molecule has 1 rings (SSSR count). The first-order chi connectivity index (χ1) is 8.89. The fraction of sp³-hybridized carbons (Fsp3) is 0.600. The van der Waals surface area contributed by atoms with Crippen molar-refractivity contribution in [2.45, 2.75) is 45.3 Å². The zero-order chi connectivity index (χ0) is 14.5. The Kier molecular flexibility index (Phi) is 5.88. The van der Waals surface area contributed by atoms with E-state index in [1.165, 1.54) is 18.2 Å². The van der Waals surface area contributed by atoms with Crippen LogP contribution < -0.4 is 5.32 Å². The molecule has 2 nitrogen and oxygen atoms in total. The average molecular weight is 271 g/mol. The van der Waals surface area contributed by atoms with E-state index in [4.69, 9.17) is 4.74 Å². The van der Waals surface area contributed by atoms with Crippen LogP contribution in [-0.4, -0.2) is 25.3 Å². The molecule has 19 heavy (non-hydrogen) atoms. The van der Waals surface area contributed by atoms with Crippen LogP contribution in [-0.2, 0) is 11.2 Å². The van der Waals surface area contributed by atoms with E-state index in [9.17, 15) is 8.78 Å². The summed E-state index contributed by atoms with van der Waals surface area (Å²) in [7, 11) is 1.65. The summed E-state index contributed by atoms with van der Waals surface area (Å²) in [4.78, 5) is 0. The van der Waals surface area contributed by atoms with Gasteiger partial charge in [-0.05, 0) is 45.4 Å². The maximum atomic E-state index is 13.7. The van der Waals surface area contributed by atoms with Crippen LogP contribution in [0.2, 0.25) is 0 Å². The minimum absolute atomic E-state index is 0.0219.